The van der Waals surface area contributed by atoms with E-state index < -0.39 is 0 Å². The Hall–Kier alpha value is -4.81. The van der Waals surface area contributed by atoms with E-state index >= 15 is 0 Å². The maximum Gasteiger partial charge on any atom is 0.257 e. The number of amides is 1. The van der Waals surface area contributed by atoms with Gasteiger partial charge in [0.1, 0.15) is 12.1 Å². The van der Waals surface area contributed by atoms with E-state index in [1.165, 1.54) is 5.56 Å². The van der Waals surface area contributed by atoms with Gasteiger partial charge in [0.2, 0.25) is 5.95 Å². The molecule has 3 heterocycles. The van der Waals surface area contributed by atoms with E-state index in [4.69, 9.17) is 25.4 Å². The lowest BCUT2D eigenvalue weighted by Crippen LogP contribution is -2.39. The molecule has 1 atom stereocenters. The summed E-state index contributed by atoms with van der Waals surface area (Å²) in [5.74, 6) is 1.36. The number of hydrogen-bond donors (Lipinski definition) is 2. The van der Waals surface area contributed by atoms with Gasteiger partial charge >= 0.3 is 0 Å². The van der Waals surface area contributed by atoms with Crippen molar-refractivity contribution in [1.29, 1.82) is 10.9 Å². The number of aromatic nitrogens is 2. The number of benzene rings is 3. The fraction of sp³-hybridized carbons (Fsp3) is 0.432. The molecule has 4 aromatic rings. The topological polar surface area (TPSA) is 126 Å². The predicted octanol–water partition coefficient (Wildman–Crippen LogP) is 5.83. The first-order valence-electron chi connectivity index (χ1n) is 17.2. The molecule has 0 spiro atoms. The number of nitrogens with one attached hydrogen (secondary N) is 2. The van der Waals surface area contributed by atoms with E-state index in [1.54, 1.807) is 25.3 Å². The molecule has 12 heteroatoms. The van der Waals surface area contributed by atoms with E-state index in [0.717, 1.165) is 86.9 Å². The SMILES string of the molecule is CCOCCn1c(N2CCCN(CCC3(c4ccccc4)CCN(C(=O)c4cc(N(C=N)N=N)ccc4OC)C3)CC2)nc2ccccc21. The van der Waals surface area contributed by atoms with Gasteiger partial charge in [0.15, 0.2) is 0 Å². The first-order chi connectivity index (χ1) is 24.0. The highest BCUT2D eigenvalue weighted by Crippen LogP contribution is 2.39. The molecule has 2 aliphatic rings. The molecule has 0 aliphatic carbocycles. The summed E-state index contributed by atoms with van der Waals surface area (Å²) < 4.78 is 13.6. The molecule has 2 saturated heterocycles. The van der Waals surface area contributed by atoms with Crippen LogP contribution in [0.15, 0.2) is 78.0 Å². The average Bonchev–Trinajstić information content (AvgIpc) is 3.66. The van der Waals surface area contributed by atoms with Crippen molar-refractivity contribution in [3.8, 4) is 5.75 Å². The maximum absolute atomic E-state index is 14.1. The number of carbonyl (C=O) groups is 1. The molecule has 49 heavy (non-hydrogen) atoms. The number of ether oxygens (including phenoxy) is 2. The van der Waals surface area contributed by atoms with Crippen LogP contribution in [0.1, 0.15) is 42.1 Å². The standard InChI is InChI=1S/C37H47N9O3/c1-3-49-25-24-45-33-13-8-7-12-32(33)40-36(45)43-19-9-18-42(22-23-43)20-16-37(29-10-5-4-6-11-29)17-21-44(27-37)35(47)31-26-30(46(28-38)41-39)14-15-34(31)48-2/h4-8,10-15,26,28,38-39H,3,9,16-25,27H2,1-2H3. The van der Waals surface area contributed by atoms with E-state index in [2.05, 4.69) is 62.1 Å². The molecule has 6 rings (SSSR count). The van der Waals surface area contributed by atoms with E-state index in [0.29, 0.717) is 43.3 Å². The Morgan fingerprint density at radius 2 is 1.84 bits per heavy atom. The number of carbonyl (C=O) groups excluding carboxylic acids is 1. The molecule has 1 unspecified atom stereocenters. The van der Waals surface area contributed by atoms with E-state index in [9.17, 15) is 4.79 Å². The Kier molecular flexibility index (Phi) is 10.8. The molecule has 0 radical (unpaired) electrons. The minimum absolute atomic E-state index is 0.121. The molecule has 3 aromatic carbocycles. The lowest BCUT2D eigenvalue weighted by molar-refractivity contribution is 0.0777. The summed E-state index contributed by atoms with van der Waals surface area (Å²) in [5.41, 5.74) is 11.5. The van der Waals surface area contributed by atoms with E-state index in [-0.39, 0.29) is 11.3 Å². The fourth-order valence-electron chi connectivity index (χ4n) is 7.35. The van der Waals surface area contributed by atoms with Crippen LogP contribution in [0.5, 0.6) is 5.75 Å². The van der Waals surface area contributed by atoms with Gasteiger partial charge in [-0.3, -0.25) is 10.2 Å². The zero-order chi connectivity index (χ0) is 34.2. The molecule has 12 nitrogen and oxygen atoms in total. The highest BCUT2D eigenvalue weighted by atomic mass is 16.5. The summed E-state index contributed by atoms with van der Waals surface area (Å²) in [6, 6.07) is 24.0. The van der Waals surface area contributed by atoms with Gasteiger partial charge in [-0.25, -0.2) is 9.99 Å². The zero-order valence-electron chi connectivity index (χ0n) is 28.6. The smallest absolute Gasteiger partial charge is 0.257 e. The van der Waals surface area contributed by atoms with Crippen molar-refractivity contribution in [3.05, 3.63) is 83.9 Å². The summed E-state index contributed by atoms with van der Waals surface area (Å²) in [7, 11) is 1.55. The largest absolute Gasteiger partial charge is 0.496 e. The summed E-state index contributed by atoms with van der Waals surface area (Å²) >= 11 is 0. The molecular formula is C37H47N9O3. The Morgan fingerprint density at radius 3 is 2.61 bits per heavy atom. The molecule has 2 N–H and O–H groups in total. The Labute approximate surface area is 288 Å². The van der Waals surface area contributed by atoms with Crippen molar-refractivity contribution in [2.75, 3.05) is 76.0 Å². The summed E-state index contributed by atoms with van der Waals surface area (Å²) in [6.07, 6.45) is 3.79. The first-order valence-corrected chi connectivity index (χ1v) is 17.2. The lowest BCUT2D eigenvalue weighted by Gasteiger charge is -2.33. The van der Waals surface area contributed by atoms with Crippen LogP contribution in [0.4, 0.5) is 11.6 Å². The second-order valence-electron chi connectivity index (χ2n) is 12.8. The molecule has 0 bridgehead atoms. The number of anilines is 2. The van der Waals surface area contributed by atoms with Gasteiger partial charge in [-0.15, -0.1) is 0 Å². The summed E-state index contributed by atoms with van der Waals surface area (Å²) in [6.45, 7) is 10.1. The molecule has 258 valence electrons. The fourth-order valence-corrected chi connectivity index (χ4v) is 7.35. The van der Waals surface area contributed by atoms with Gasteiger partial charge in [0.25, 0.3) is 5.91 Å². The van der Waals surface area contributed by atoms with Crippen LogP contribution >= 0.6 is 0 Å². The summed E-state index contributed by atoms with van der Waals surface area (Å²) in [5, 5.41) is 12.1. The van der Waals surface area contributed by atoms with Crippen LogP contribution in [0.2, 0.25) is 0 Å². The third-order valence-electron chi connectivity index (χ3n) is 10.0. The summed E-state index contributed by atoms with van der Waals surface area (Å²) in [4.78, 5) is 26.1. The number of fused-ring (bicyclic) bond motifs is 1. The van der Waals surface area contributed by atoms with Crippen LogP contribution in [0.3, 0.4) is 0 Å². The van der Waals surface area contributed by atoms with Gasteiger partial charge in [0.05, 0.1) is 36.0 Å². The van der Waals surface area contributed by atoms with Gasteiger partial charge in [-0.2, -0.15) is 5.53 Å². The number of rotatable bonds is 14. The lowest BCUT2D eigenvalue weighted by atomic mass is 9.76. The van der Waals surface area contributed by atoms with Crippen LogP contribution in [0.25, 0.3) is 11.0 Å². The van der Waals surface area contributed by atoms with Gasteiger partial charge in [-0.05, 0) is 75.2 Å². The number of hydrogen-bond acceptors (Lipinski definition) is 9. The van der Waals surface area contributed by atoms with Crippen LogP contribution in [-0.2, 0) is 16.7 Å². The van der Waals surface area contributed by atoms with Gasteiger partial charge in [-0.1, -0.05) is 47.7 Å². The third kappa shape index (κ3) is 7.30. The predicted molar refractivity (Wildman–Crippen MR) is 192 cm³/mol. The first kappa shape index (κ1) is 34.1. The number of likely N-dealkylation sites (tertiary alicyclic amines) is 1. The average molecular weight is 666 g/mol. The zero-order valence-corrected chi connectivity index (χ0v) is 28.6. The van der Waals surface area contributed by atoms with Crippen LogP contribution < -0.4 is 14.6 Å². The Morgan fingerprint density at radius 1 is 1.02 bits per heavy atom. The van der Waals surface area contributed by atoms with Crippen LogP contribution in [0, 0.1) is 10.9 Å². The van der Waals surface area contributed by atoms with Crippen molar-refractivity contribution in [3.63, 3.8) is 0 Å². The van der Waals surface area contributed by atoms with Crippen molar-refractivity contribution >= 4 is 34.9 Å². The number of methoxy groups -OCH3 is 1. The van der Waals surface area contributed by atoms with Crippen molar-refractivity contribution in [2.45, 2.75) is 38.1 Å². The Bertz CT molecular complexity index is 1740. The van der Waals surface area contributed by atoms with Crippen molar-refractivity contribution in [2.24, 2.45) is 5.22 Å². The number of para-hydroxylation sites is 2. The molecule has 2 fully saturated rings. The van der Waals surface area contributed by atoms with Crippen molar-refractivity contribution in [1.82, 2.24) is 19.4 Å². The number of nitrogens with zero attached hydrogens (tertiary/aromatic N) is 7. The molecule has 1 amide bonds. The van der Waals surface area contributed by atoms with E-state index in [1.807, 2.05) is 24.0 Å². The molecule has 2 aliphatic heterocycles. The molecular weight excluding hydrogens is 618 g/mol. The third-order valence-corrected chi connectivity index (χ3v) is 10.0. The van der Waals surface area contributed by atoms with Crippen LogP contribution in [-0.4, -0.2) is 97.7 Å². The second-order valence-corrected chi connectivity index (χ2v) is 12.8. The molecule has 0 saturated carbocycles. The van der Waals surface area contributed by atoms with Gasteiger partial charge in [0, 0.05) is 51.3 Å². The minimum atomic E-state index is -0.182. The molecule has 1 aromatic heterocycles. The van der Waals surface area contributed by atoms with Gasteiger partial charge < -0.3 is 28.7 Å². The maximum atomic E-state index is 14.1. The number of imidazole rings is 1. The quantitative estimate of drug-likeness (QED) is 0.0571. The normalized spacial score (nSPS) is 18.4. The monoisotopic (exact) mass is 665 g/mol. The highest BCUT2D eigenvalue weighted by Gasteiger charge is 2.42. The second kappa shape index (κ2) is 15.6. The van der Waals surface area contributed by atoms with Crippen molar-refractivity contribution < 1.29 is 14.3 Å². The highest BCUT2D eigenvalue weighted by molar-refractivity contribution is 5.99. The Balaban J connectivity index is 1.17. The minimum Gasteiger partial charge on any atom is -0.496 e.